The summed E-state index contributed by atoms with van der Waals surface area (Å²) in [6, 6.07) is 24.0. The van der Waals surface area contributed by atoms with Crippen molar-refractivity contribution in [2.24, 2.45) is 5.92 Å². The van der Waals surface area contributed by atoms with E-state index in [2.05, 4.69) is 6.58 Å². The molecule has 0 saturated carbocycles. The zero-order valence-electron chi connectivity index (χ0n) is 23.7. The Morgan fingerprint density at radius 3 is 1.90 bits per heavy atom. The number of methoxy groups -OCH3 is 2. The van der Waals surface area contributed by atoms with Crippen LogP contribution < -0.4 is 9.47 Å². The second kappa shape index (κ2) is 13.9. The second-order valence-corrected chi connectivity index (χ2v) is 10.1. The van der Waals surface area contributed by atoms with Crippen molar-refractivity contribution >= 4 is 12.1 Å². The predicted octanol–water partition coefficient (Wildman–Crippen LogP) is 4.98. The fraction of sp³-hybridized carbons (Fsp3) is 0.333. The number of carbonyl (C=O) groups is 2. The number of aliphatic hydroxyl groups is 1. The normalized spacial score (nSPS) is 17.0. The van der Waals surface area contributed by atoms with Crippen LogP contribution in [-0.4, -0.2) is 61.1 Å². The molecule has 8 nitrogen and oxygen atoms in total. The number of aliphatic hydroxyl groups excluding tert-OH is 1. The molecule has 1 aliphatic heterocycles. The van der Waals surface area contributed by atoms with E-state index in [-0.39, 0.29) is 25.2 Å². The molecule has 0 aromatic heterocycles. The molecule has 1 aliphatic rings. The van der Waals surface area contributed by atoms with Crippen molar-refractivity contribution in [3.05, 3.63) is 108 Å². The molecule has 41 heavy (non-hydrogen) atoms. The third-order valence-corrected chi connectivity index (χ3v) is 7.44. The summed E-state index contributed by atoms with van der Waals surface area (Å²) >= 11 is 0. The molecule has 8 heteroatoms. The minimum atomic E-state index is -0.853. The van der Waals surface area contributed by atoms with Crippen LogP contribution in [0, 0.1) is 5.92 Å². The van der Waals surface area contributed by atoms with Crippen molar-refractivity contribution in [3.63, 3.8) is 0 Å². The maximum absolute atomic E-state index is 13.7. The summed E-state index contributed by atoms with van der Waals surface area (Å²) in [6.07, 6.45) is -0.497. The van der Waals surface area contributed by atoms with Crippen LogP contribution in [0.2, 0.25) is 0 Å². The van der Waals surface area contributed by atoms with Gasteiger partial charge in [-0.25, -0.2) is 4.79 Å². The molecule has 3 unspecified atom stereocenters. The van der Waals surface area contributed by atoms with Crippen molar-refractivity contribution < 1.29 is 33.6 Å². The molecule has 3 aromatic carbocycles. The highest BCUT2D eigenvalue weighted by atomic mass is 16.7. The minimum Gasteiger partial charge on any atom is -0.497 e. The van der Waals surface area contributed by atoms with Gasteiger partial charge in [0, 0.05) is 6.04 Å². The first-order valence-electron chi connectivity index (χ1n) is 13.6. The van der Waals surface area contributed by atoms with Gasteiger partial charge in [0.25, 0.3) is 0 Å². The number of carbonyl (C=O) groups excluding carboxylic acids is 2. The van der Waals surface area contributed by atoms with E-state index in [4.69, 9.17) is 18.9 Å². The molecule has 1 amide bonds. The van der Waals surface area contributed by atoms with Crippen molar-refractivity contribution in [2.75, 3.05) is 20.8 Å². The van der Waals surface area contributed by atoms with E-state index in [9.17, 15) is 14.7 Å². The maximum atomic E-state index is 13.7. The van der Waals surface area contributed by atoms with Gasteiger partial charge in [-0.2, -0.15) is 0 Å². The van der Waals surface area contributed by atoms with Gasteiger partial charge in [-0.05, 0) is 66.3 Å². The van der Waals surface area contributed by atoms with E-state index < -0.39 is 24.2 Å². The van der Waals surface area contributed by atoms with Gasteiger partial charge in [0.15, 0.2) is 0 Å². The smallest absolute Gasteiger partial charge is 0.497 e. The summed E-state index contributed by atoms with van der Waals surface area (Å²) in [6.45, 7) is 5.50. The summed E-state index contributed by atoms with van der Waals surface area (Å²) in [5.74, 6) is 0.641. The molecule has 0 spiro atoms. The molecule has 1 fully saturated rings. The molecule has 0 bridgehead atoms. The van der Waals surface area contributed by atoms with E-state index in [1.54, 1.807) is 26.0 Å². The molecule has 3 aromatic rings. The Balaban J connectivity index is 1.52. The Bertz CT molecular complexity index is 1260. The van der Waals surface area contributed by atoms with Crippen LogP contribution in [0.25, 0.3) is 0 Å². The van der Waals surface area contributed by atoms with E-state index in [1.165, 1.54) is 0 Å². The lowest BCUT2D eigenvalue weighted by atomic mass is 9.76. The number of rotatable bonds is 13. The lowest BCUT2D eigenvalue weighted by molar-refractivity contribution is -0.167. The Hall–Kier alpha value is -4.30. The predicted molar refractivity (Wildman–Crippen MR) is 155 cm³/mol. The first-order chi connectivity index (χ1) is 19.8. The van der Waals surface area contributed by atoms with Crippen LogP contribution in [0.4, 0.5) is 4.79 Å². The van der Waals surface area contributed by atoms with Crippen molar-refractivity contribution in [1.82, 2.24) is 4.90 Å². The average molecular weight is 560 g/mol. The van der Waals surface area contributed by atoms with Gasteiger partial charge in [0.1, 0.15) is 24.2 Å². The highest BCUT2D eigenvalue weighted by Crippen LogP contribution is 2.38. The number of hydrogen-bond acceptors (Lipinski definition) is 7. The van der Waals surface area contributed by atoms with E-state index >= 15 is 0 Å². The number of benzene rings is 3. The zero-order chi connectivity index (χ0) is 29.4. The van der Waals surface area contributed by atoms with Gasteiger partial charge < -0.3 is 29.0 Å². The average Bonchev–Trinajstić information content (AvgIpc) is 2.99. The third kappa shape index (κ3) is 7.27. The SMILES string of the molecule is C=C(CO)C1C(C(C)OC(=O)OCc2ccccc2)C(=O)N1C(Cc1ccc(OC)cc1)Cc1ccc(OC)cc1. The molecule has 1 N–H and O–H groups in total. The first-order valence-corrected chi connectivity index (χ1v) is 13.6. The highest BCUT2D eigenvalue weighted by Gasteiger charge is 2.54. The quantitative estimate of drug-likeness (QED) is 0.179. The molecule has 216 valence electrons. The standard InChI is InChI=1S/C33H37NO7/c1-22(20-35)31-30(23(2)41-33(37)40-21-26-8-6-5-7-9-26)32(36)34(31)27(18-24-10-14-28(38-3)15-11-24)19-25-12-16-29(39-4)17-13-25/h5-17,23,27,30-31,35H,1,18-21H2,2-4H3. The molecule has 3 atom stereocenters. The number of hydrogen-bond donors (Lipinski definition) is 1. The Labute approximate surface area is 241 Å². The maximum Gasteiger partial charge on any atom is 0.508 e. The zero-order valence-corrected chi connectivity index (χ0v) is 23.7. The number of ether oxygens (including phenoxy) is 4. The summed E-state index contributed by atoms with van der Waals surface area (Å²) in [5.41, 5.74) is 3.37. The van der Waals surface area contributed by atoms with Crippen LogP contribution >= 0.6 is 0 Å². The number of amides is 1. The fourth-order valence-electron chi connectivity index (χ4n) is 5.26. The Kier molecular flexibility index (Phi) is 10.0. The highest BCUT2D eigenvalue weighted by molar-refractivity contribution is 5.88. The van der Waals surface area contributed by atoms with Crippen LogP contribution in [0.1, 0.15) is 23.6 Å². The van der Waals surface area contributed by atoms with Crippen LogP contribution in [0.3, 0.4) is 0 Å². The molecule has 4 rings (SSSR count). The molecule has 0 aliphatic carbocycles. The van der Waals surface area contributed by atoms with Gasteiger partial charge in [-0.1, -0.05) is 61.2 Å². The Morgan fingerprint density at radius 2 is 1.41 bits per heavy atom. The lowest BCUT2D eigenvalue weighted by Gasteiger charge is -2.53. The fourth-order valence-corrected chi connectivity index (χ4v) is 5.26. The summed E-state index contributed by atoms with van der Waals surface area (Å²) in [5, 5.41) is 10.0. The van der Waals surface area contributed by atoms with E-state index in [0.717, 1.165) is 28.2 Å². The van der Waals surface area contributed by atoms with Crippen LogP contribution in [0.5, 0.6) is 11.5 Å². The van der Waals surface area contributed by atoms with Gasteiger partial charge in [0.05, 0.1) is 32.8 Å². The number of likely N-dealkylation sites (tertiary alicyclic amines) is 1. The van der Waals surface area contributed by atoms with Gasteiger partial charge in [-0.3, -0.25) is 4.79 Å². The molecule has 0 radical (unpaired) electrons. The minimum absolute atomic E-state index is 0.0652. The molecule has 1 saturated heterocycles. The van der Waals surface area contributed by atoms with Crippen LogP contribution in [0.15, 0.2) is 91.0 Å². The Morgan fingerprint density at radius 1 is 0.878 bits per heavy atom. The van der Waals surface area contributed by atoms with E-state index in [0.29, 0.717) is 18.4 Å². The third-order valence-electron chi connectivity index (χ3n) is 7.44. The first kappa shape index (κ1) is 29.7. The molecular formula is C33H37NO7. The van der Waals surface area contributed by atoms with Gasteiger partial charge in [-0.15, -0.1) is 0 Å². The van der Waals surface area contributed by atoms with Crippen LogP contribution in [-0.2, 0) is 33.7 Å². The second-order valence-electron chi connectivity index (χ2n) is 10.1. The largest absolute Gasteiger partial charge is 0.508 e. The molecular weight excluding hydrogens is 522 g/mol. The topological polar surface area (TPSA) is 94.5 Å². The summed E-state index contributed by atoms with van der Waals surface area (Å²) < 4.78 is 21.4. The summed E-state index contributed by atoms with van der Waals surface area (Å²) in [7, 11) is 3.23. The van der Waals surface area contributed by atoms with Crippen molar-refractivity contribution in [3.8, 4) is 11.5 Å². The van der Waals surface area contributed by atoms with Gasteiger partial charge >= 0.3 is 6.16 Å². The lowest BCUT2D eigenvalue weighted by Crippen LogP contribution is -2.69. The number of nitrogens with zero attached hydrogens (tertiary/aromatic N) is 1. The van der Waals surface area contributed by atoms with E-state index in [1.807, 2.05) is 78.9 Å². The summed E-state index contributed by atoms with van der Waals surface area (Å²) in [4.78, 5) is 28.0. The van der Waals surface area contributed by atoms with Crippen molar-refractivity contribution in [2.45, 2.75) is 44.6 Å². The van der Waals surface area contributed by atoms with Gasteiger partial charge in [0.2, 0.25) is 5.91 Å². The molecule has 1 heterocycles. The van der Waals surface area contributed by atoms with Crippen molar-refractivity contribution in [1.29, 1.82) is 0 Å². The number of β-lactam (4-membered cyclic amide) rings is 1. The monoisotopic (exact) mass is 559 g/mol.